The van der Waals surface area contributed by atoms with Gasteiger partial charge in [0.1, 0.15) is 0 Å². The molecule has 0 nitrogen and oxygen atoms in total. The van der Waals surface area contributed by atoms with Crippen molar-refractivity contribution in [2.75, 3.05) is 0 Å². The zero-order valence-electron chi connectivity index (χ0n) is 45.2. The topological polar surface area (TPSA) is 0 Å². The number of fused-ring (bicyclic) bond motifs is 12. The molecule has 0 aliphatic heterocycles. The van der Waals surface area contributed by atoms with Gasteiger partial charge in [0.05, 0.1) is 0 Å². The van der Waals surface area contributed by atoms with Gasteiger partial charge in [0.25, 0.3) is 0 Å². The van der Waals surface area contributed by atoms with E-state index in [1.807, 2.05) is 22.7 Å². The van der Waals surface area contributed by atoms with Crippen molar-refractivity contribution in [1.29, 1.82) is 0 Å². The van der Waals surface area contributed by atoms with Crippen LogP contribution in [-0.4, -0.2) is 0 Å². The highest BCUT2D eigenvalue weighted by molar-refractivity contribution is 7.27. The number of benzene rings is 12. The number of hydrogen-bond acceptors (Lipinski definition) is 2. The minimum Gasteiger partial charge on any atom is -0.135 e. The highest BCUT2D eigenvalue weighted by atomic mass is 32.1. The van der Waals surface area contributed by atoms with Gasteiger partial charge >= 0.3 is 0 Å². The summed E-state index contributed by atoms with van der Waals surface area (Å²) in [4.78, 5) is 0. The maximum atomic E-state index is 2.50. The highest BCUT2D eigenvalue weighted by Crippen LogP contribution is 2.57. The van der Waals surface area contributed by atoms with Gasteiger partial charge in [-0.2, -0.15) is 0 Å². The van der Waals surface area contributed by atoms with Crippen LogP contribution in [0.15, 0.2) is 267 Å². The third kappa shape index (κ3) is 7.92. The van der Waals surface area contributed by atoms with Crippen LogP contribution in [0.1, 0.15) is 49.9 Å². The first-order valence-corrected chi connectivity index (χ1v) is 29.5. The lowest BCUT2D eigenvalue weighted by molar-refractivity contribution is 0.652. The summed E-state index contributed by atoms with van der Waals surface area (Å²) in [6, 6.07) is 98.3. The molecule has 0 radical (unpaired) electrons. The molecule has 0 spiro atoms. The molecule has 2 heterocycles. The largest absolute Gasteiger partial charge is 0.135 e. The summed E-state index contributed by atoms with van der Waals surface area (Å²) >= 11 is 3.81. The van der Waals surface area contributed by atoms with E-state index in [4.69, 9.17) is 0 Å². The zero-order chi connectivity index (χ0) is 53.7. The van der Waals surface area contributed by atoms with Crippen LogP contribution in [0, 0.1) is 0 Å². The van der Waals surface area contributed by atoms with Crippen molar-refractivity contribution in [1.82, 2.24) is 0 Å². The molecule has 0 bridgehead atoms. The average Bonchev–Trinajstić information content (AvgIpc) is 4.28. The third-order valence-electron chi connectivity index (χ3n) is 17.4. The molecule has 2 heteroatoms. The van der Waals surface area contributed by atoms with Gasteiger partial charge in [-0.1, -0.05) is 234 Å². The molecule has 0 unspecified atom stereocenters. The van der Waals surface area contributed by atoms with E-state index in [0.29, 0.717) is 0 Å². The van der Waals surface area contributed by atoms with Gasteiger partial charge in [-0.25, -0.2) is 0 Å². The maximum Gasteiger partial charge on any atom is 0.0362 e. The van der Waals surface area contributed by atoms with Gasteiger partial charge in [0.15, 0.2) is 0 Å². The lowest BCUT2D eigenvalue weighted by Crippen LogP contribution is -2.17. The van der Waals surface area contributed by atoms with E-state index in [0.717, 1.165) is 0 Å². The van der Waals surface area contributed by atoms with Gasteiger partial charge in [0.2, 0.25) is 0 Å². The fraction of sp³-hybridized carbons (Fsp3) is 0.0769. The van der Waals surface area contributed by atoms with E-state index in [2.05, 4.69) is 295 Å². The minimum atomic E-state index is -0.0403. The molecular weight excluding hydrogens is 1000 g/mol. The summed E-state index contributed by atoms with van der Waals surface area (Å²) < 4.78 is 5.34. The van der Waals surface area contributed by atoms with Crippen LogP contribution >= 0.6 is 22.7 Å². The highest BCUT2D eigenvalue weighted by Gasteiger charge is 2.42. The molecule has 80 heavy (non-hydrogen) atoms. The molecule has 2 aliphatic carbocycles. The monoisotopic (exact) mass is 1060 g/mol. The molecule has 2 aromatic heterocycles. The number of hydrogen-bond donors (Lipinski definition) is 0. The fourth-order valence-corrected chi connectivity index (χ4v) is 15.4. The minimum absolute atomic E-state index is 0.0403. The molecule has 380 valence electrons. The summed E-state index contributed by atoms with van der Waals surface area (Å²) in [5.41, 5.74) is 26.5. The van der Waals surface area contributed by atoms with Crippen molar-refractivity contribution in [2.45, 2.75) is 38.5 Å². The molecule has 16 rings (SSSR count). The van der Waals surface area contributed by atoms with Gasteiger partial charge < -0.3 is 0 Å². The Labute approximate surface area is 476 Å². The van der Waals surface area contributed by atoms with E-state index < -0.39 is 0 Å². The quantitative estimate of drug-likeness (QED) is 0.156. The van der Waals surface area contributed by atoms with Crippen molar-refractivity contribution < 1.29 is 0 Å². The molecule has 2 aliphatic rings. The van der Waals surface area contributed by atoms with Crippen LogP contribution in [0.2, 0.25) is 0 Å². The van der Waals surface area contributed by atoms with E-state index in [1.165, 1.54) is 152 Å². The van der Waals surface area contributed by atoms with Crippen molar-refractivity contribution in [3.05, 3.63) is 289 Å². The van der Waals surface area contributed by atoms with Gasteiger partial charge in [0, 0.05) is 51.2 Å². The summed E-state index contributed by atoms with van der Waals surface area (Å²) in [6.45, 7) is 9.55. The Morgan fingerprint density at radius 1 is 0.200 bits per heavy atom. The smallest absolute Gasteiger partial charge is 0.0362 e. The first kappa shape index (κ1) is 48.2. The van der Waals surface area contributed by atoms with Crippen LogP contribution in [-0.2, 0) is 10.8 Å². The Kier molecular flexibility index (Phi) is 11.4. The predicted molar refractivity (Wildman–Crippen MR) is 346 cm³/mol. The normalized spacial score (nSPS) is 13.4. The Morgan fingerprint density at radius 3 is 0.787 bits per heavy atom. The molecule has 0 atom stereocenters. The van der Waals surface area contributed by atoms with Crippen molar-refractivity contribution in [2.24, 2.45) is 0 Å². The zero-order valence-corrected chi connectivity index (χ0v) is 46.9. The lowest BCUT2D eigenvalue weighted by Gasteiger charge is -2.24. The second kappa shape index (κ2) is 18.9. The molecular formula is C78H56S2. The van der Waals surface area contributed by atoms with E-state index in [-0.39, 0.29) is 10.8 Å². The van der Waals surface area contributed by atoms with Gasteiger partial charge in [-0.15, -0.1) is 22.7 Å². The Balaban J connectivity index is 0.000000141. The van der Waals surface area contributed by atoms with Crippen LogP contribution in [0.3, 0.4) is 0 Å². The van der Waals surface area contributed by atoms with Gasteiger partial charge in [-0.05, 0) is 172 Å². The summed E-state index contributed by atoms with van der Waals surface area (Å²) in [6.07, 6.45) is 0. The van der Waals surface area contributed by atoms with Crippen molar-refractivity contribution >= 4 is 63.0 Å². The fourth-order valence-electron chi connectivity index (χ4n) is 13.1. The summed E-state index contributed by atoms with van der Waals surface area (Å²) in [7, 11) is 0. The van der Waals surface area contributed by atoms with Crippen LogP contribution < -0.4 is 0 Å². The summed E-state index contributed by atoms with van der Waals surface area (Å²) in [5.74, 6) is 0. The maximum absolute atomic E-state index is 2.50. The molecule has 0 saturated carbocycles. The van der Waals surface area contributed by atoms with Crippen LogP contribution in [0.25, 0.3) is 129 Å². The summed E-state index contributed by atoms with van der Waals surface area (Å²) in [5, 5.41) is 5.34. The molecule has 0 amide bonds. The van der Waals surface area contributed by atoms with Crippen LogP contribution in [0.4, 0.5) is 0 Å². The molecule has 0 N–H and O–H groups in total. The van der Waals surface area contributed by atoms with Crippen molar-refractivity contribution in [3.8, 4) is 89.0 Å². The van der Waals surface area contributed by atoms with E-state index >= 15 is 0 Å². The third-order valence-corrected chi connectivity index (χ3v) is 19.6. The van der Waals surface area contributed by atoms with Gasteiger partial charge in [-0.3, -0.25) is 0 Å². The first-order chi connectivity index (χ1) is 39.2. The van der Waals surface area contributed by atoms with Crippen LogP contribution in [0.5, 0.6) is 0 Å². The number of rotatable bonds is 6. The molecule has 0 fully saturated rings. The SMILES string of the molecule is CC1(C)c2cc(-c3ccccc3)ccc2-c2cc3c(cc21)-c1ccc(-c2ccccc2)cc1C3(C)C.c1ccc(-c2cc3sc4cc5c(cc4c3cc2-c2ccccc2)sc2cc(-c3ccccc3)c(-c3ccccc3)cc25)cc1. The first-order valence-electron chi connectivity index (χ1n) is 27.9. The van der Waals surface area contributed by atoms with E-state index in [9.17, 15) is 0 Å². The number of thiophene rings is 2. The van der Waals surface area contributed by atoms with Crippen molar-refractivity contribution in [3.63, 3.8) is 0 Å². The molecule has 12 aromatic carbocycles. The second-order valence-corrected chi connectivity index (χ2v) is 24.9. The predicted octanol–water partition coefficient (Wildman–Crippen LogP) is 22.7. The Hall–Kier alpha value is -8.92. The average molecular weight is 1060 g/mol. The molecule has 14 aromatic rings. The second-order valence-electron chi connectivity index (χ2n) is 22.7. The molecule has 0 saturated heterocycles. The Morgan fingerprint density at radius 2 is 0.463 bits per heavy atom. The Bertz CT molecular complexity index is 4400. The lowest BCUT2D eigenvalue weighted by atomic mass is 9.79. The van der Waals surface area contributed by atoms with E-state index in [1.54, 1.807) is 0 Å². The standard InChI is InChI=1S/C42H26S2.C36H30/c1-5-13-27(14-6-1)31-21-35-37-25-42-38(26-41(37)43-39(35)23-33(31)29-17-9-3-10-18-29)36-22-32(28-15-7-2-8-16-28)34(24-40(36)44-42)30-19-11-4-12-20-30;1-35(2)31-19-25(23-11-7-5-8-12-23)15-17-27(31)29-22-34-30(21-33(29)35)28-18-16-26(20-32(28)36(34,3)4)24-13-9-6-10-14-24/h1-26H;5-22H,1-4H3.